The van der Waals surface area contributed by atoms with E-state index in [2.05, 4.69) is 10.3 Å². The maximum Gasteiger partial charge on any atom is 0.270 e. The predicted molar refractivity (Wildman–Crippen MR) is 93.0 cm³/mol. The fourth-order valence-corrected chi connectivity index (χ4v) is 2.90. The summed E-state index contributed by atoms with van der Waals surface area (Å²) in [6, 6.07) is 3.76. The van der Waals surface area contributed by atoms with Crippen molar-refractivity contribution in [3.05, 3.63) is 29.7 Å². The van der Waals surface area contributed by atoms with E-state index in [9.17, 15) is 4.79 Å². The summed E-state index contributed by atoms with van der Waals surface area (Å²) in [6.07, 6.45) is 5.56. The molecule has 2 heterocycles. The first-order valence-electron chi connectivity index (χ1n) is 8.78. The van der Waals surface area contributed by atoms with Crippen LogP contribution in [0.1, 0.15) is 35.4 Å². The molecule has 0 atom stereocenters. The van der Waals surface area contributed by atoms with Crippen LogP contribution in [0.3, 0.4) is 0 Å². The number of hydrogen-bond acceptors (Lipinski definition) is 5. The Bertz CT molecular complexity index is 724. The Morgan fingerprint density at radius 2 is 2.28 bits per heavy atom. The second kappa shape index (κ2) is 8.31. The molecule has 7 nitrogen and oxygen atoms in total. The Morgan fingerprint density at radius 1 is 1.44 bits per heavy atom. The Balaban J connectivity index is 1.69. The molecule has 1 fully saturated rings. The van der Waals surface area contributed by atoms with E-state index in [1.54, 1.807) is 4.40 Å². The summed E-state index contributed by atoms with van der Waals surface area (Å²) < 4.78 is 12.9. The molecule has 25 heavy (non-hydrogen) atoms. The largest absolute Gasteiger partial charge is 0.489 e. The van der Waals surface area contributed by atoms with Crippen LogP contribution in [0, 0.1) is 12.8 Å². The van der Waals surface area contributed by atoms with Crippen molar-refractivity contribution in [3.63, 3.8) is 0 Å². The number of carbonyl (C=O) groups is 1. The first-order valence-corrected chi connectivity index (χ1v) is 8.78. The number of imidazole rings is 1. The third-order valence-corrected chi connectivity index (χ3v) is 4.47. The number of aliphatic hydroxyl groups is 1. The van der Waals surface area contributed by atoms with E-state index < -0.39 is 0 Å². The van der Waals surface area contributed by atoms with E-state index in [1.807, 2.05) is 25.3 Å². The van der Waals surface area contributed by atoms with Gasteiger partial charge in [-0.25, -0.2) is 4.98 Å². The number of rotatable bonds is 9. The van der Waals surface area contributed by atoms with Crippen molar-refractivity contribution < 1.29 is 19.4 Å². The SMILES string of the molecule is Cc1nc2c(OCC3CCC3)cccn2c1C(=O)NCCOCCO. The average Bonchev–Trinajstić information content (AvgIpc) is 2.90. The summed E-state index contributed by atoms with van der Waals surface area (Å²) in [5, 5.41) is 11.5. The van der Waals surface area contributed by atoms with Crippen LogP contribution >= 0.6 is 0 Å². The minimum atomic E-state index is -0.200. The highest BCUT2D eigenvalue weighted by molar-refractivity contribution is 5.94. The van der Waals surface area contributed by atoms with Crippen LogP contribution in [-0.4, -0.2) is 53.4 Å². The smallest absolute Gasteiger partial charge is 0.270 e. The molecule has 0 spiro atoms. The number of nitrogens with one attached hydrogen (secondary N) is 1. The lowest BCUT2D eigenvalue weighted by Gasteiger charge is -2.25. The van der Waals surface area contributed by atoms with Crippen LogP contribution in [0.2, 0.25) is 0 Å². The van der Waals surface area contributed by atoms with Crippen LogP contribution in [0.5, 0.6) is 5.75 Å². The van der Waals surface area contributed by atoms with Gasteiger partial charge in [-0.2, -0.15) is 0 Å². The van der Waals surface area contributed by atoms with Crippen molar-refractivity contribution >= 4 is 11.6 Å². The van der Waals surface area contributed by atoms with E-state index >= 15 is 0 Å². The van der Waals surface area contributed by atoms with Crippen LogP contribution in [-0.2, 0) is 4.74 Å². The number of aliphatic hydroxyl groups excluding tert-OH is 1. The van der Waals surface area contributed by atoms with Gasteiger partial charge in [-0.1, -0.05) is 6.42 Å². The van der Waals surface area contributed by atoms with Gasteiger partial charge in [0, 0.05) is 12.7 Å². The number of carbonyl (C=O) groups excluding carboxylic acids is 1. The van der Waals surface area contributed by atoms with Gasteiger partial charge in [0.25, 0.3) is 5.91 Å². The highest BCUT2D eigenvalue weighted by Gasteiger charge is 2.21. The summed E-state index contributed by atoms with van der Waals surface area (Å²) in [5.41, 5.74) is 1.83. The van der Waals surface area contributed by atoms with Crippen molar-refractivity contribution in [1.82, 2.24) is 14.7 Å². The molecular weight excluding hydrogens is 322 g/mol. The second-order valence-electron chi connectivity index (χ2n) is 6.31. The third kappa shape index (κ3) is 4.11. The van der Waals surface area contributed by atoms with Crippen molar-refractivity contribution in [2.24, 2.45) is 5.92 Å². The average molecular weight is 347 g/mol. The van der Waals surface area contributed by atoms with Crippen LogP contribution in [0.15, 0.2) is 18.3 Å². The van der Waals surface area contributed by atoms with Gasteiger partial charge in [0.15, 0.2) is 11.4 Å². The Hall–Kier alpha value is -2.12. The number of hydrogen-bond donors (Lipinski definition) is 2. The molecule has 0 aromatic carbocycles. The summed E-state index contributed by atoms with van der Waals surface area (Å²) in [6.45, 7) is 3.51. The quantitative estimate of drug-likeness (QED) is 0.673. The summed E-state index contributed by atoms with van der Waals surface area (Å²) in [4.78, 5) is 17.0. The fraction of sp³-hybridized carbons (Fsp3) is 0.556. The fourth-order valence-electron chi connectivity index (χ4n) is 2.90. The minimum Gasteiger partial charge on any atom is -0.489 e. The molecule has 2 N–H and O–H groups in total. The van der Waals surface area contributed by atoms with Gasteiger partial charge in [0.1, 0.15) is 5.69 Å². The number of aryl methyl sites for hydroxylation is 1. The Morgan fingerprint density at radius 3 is 3.00 bits per heavy atom. The van der Waals surface area contributed by atoms with Gasteiger partial charge in [-0.15, -0.1) is 0 Å². The number of nitrogens with zero attached hydrogens (tertiary/aromatic N) is 2. The summed E-state index contributed by atoms with van der Waals surface area (Å²) in [5.74, 6) is 1.15. The molecular formula is C18H25N3O4. The van der Waals surface area contributed by atoms with Gasteiger partial charge in [-0.3, -0.25) is 9.20 Å². The standard InChI is InChI=1S/C18H25N3O4/c1-13-16(18(23)19-7-10-24-11-9-22)21-8-3-6-15(17(21)20-13)25-12-14-4-2-5-14/h3,6,8,14,22H,2,4-5,7,9-12H2,1H3,(H,19,23). The molecule has 0 unspecified atom stereocenters. The van der Waals surface area contributed by atoms with Crippen LogP contribution in [0.4, 0.5) is 0 Å². The van der Waals surface area contributed by atoms with E-state index in [4.69, 9.17) is 14.6 Å². The number of ether oxygens (including phenoxy) is 2. The zero-order valence-electron chi connectivity index (χ0n) is 14.5. The maximum atomic E-state index is 12.5. The first-order chi connectivity index (χ1) is 12.2. The molecule has 0 saturated heterocycles. The minimum absolute atomic E-state index is 0.0239. The van der Waals surface area contributed by atoms with Gasteiger partial charge in [0.05, 0.1) is 32.1 Å². The van der Waals surface area contributed by atoms with Crippen LogP contribution < -0.4 is 10.1 Å². The molecule has 1 aliphatic rings. The zero-order valence-corrected chi connectivity index (χ0v) is 14.5. The monoisotopic (exact) mass is 347 g/mol. The lowest BCUT2D eigenvalue weighted by atomic mass is 9.86. The van der Waals surface area contributed by atoms with E-state index in [1.165, 1.54) is 19.3 Å². The molecule has 136 valence electrons. The van der Waals surface area contributed by atoms with Crippen molar-refractivity contribution in [1.29, 1.82) is 0 Å². The molecule has 2 aromatic rings. The van der Waals surface area contributed by atoms with Gasteiger partial charge < -0.3 is 19.9 Å². The summed E-state index contributed by atoms with van der Waals surface area (Å²) in [7, 11) is 0. The molecule has 3 rings (SSSR count). The number of pyridine rings is 1. The van der Waals surface area contributed by atoms with Crippen molar-refractivity contribution in [2.75, 3.05) is 33.0 Å². The van der Waals surface area contributed by atoms with E-state index in [0.29, 0.717) is 48.5 Å². The lowest BCUT2D eigenvalue weighted by Crippen LogP contribution is -2.29. The molecule has 0 radical (unpaired) electrons. The first kappa shape index (κ1) is 17.7. The molecule has 1 aliphatic carbocycles. The van der Waals surface area contributed by atoms with E-state index in [0.717, 1.165) is 0 Å². The number of aromatic nitrogens is 2. The zero-order chi connectivity index (χ0) is 17.6. The Labute approximate surface area is 147 Å². The second-order valence-corrected chi connectivity index (χ2v) is 6.31. The summed E-state index contributed by atoms with van der Waals surface area (Å²) >= 11 is 0. The predicted octanol–water partition coefficient (Wildman–Crippen LogP) is 1.56. The normalized spacial score (nSPS) is 14.5. The van der Waals surface area contributed by atoms with Crippen LogP contribution in [0.25, 0.3) is 5.65 Å². The molecule has 7 heteroatoms. The molecule has 1 saturated carbocycles. The van der Waals surface area contributed by atoms with Crippen molar-refractivity contribution in [2.45, 2.75) is 26.2 Å². The molecule has 0 bridgehead atoms. The molecule has 2 aromatic heterocycles. The molecule has 0 aliphatic heterocycles. The third-order valence-electron chi connectivity index (χ3n) is 4.47. The molecule has 1 amide bonds. The van der Waals surface area contributed by atoms with E-state index in [-0.39, 0.29) is 19.1 Å². The lowest BCUT2D eigenvalue weighted by molar-refractivity contribution is 0.0834. The van der Waals surface area contributed by atoms with Gasteiger partial charge >= 0.3 is 0 Å². The van der Waals surface area contributed by atoms with Gasteiger partial charge in [-0.05, 0) is 37.8 Å². The highest BCUT2D eigenvalue weighted by atomic mass is 16.5. The maximum absolute atomic E-state index is 12.5. The van der Waals surface area contributed by atoms with Gasteiger partial charge in [0.2, 0.25) is 0 Å². The number of amides is 1. The number of fused-ring (bicyclic) bond motifs is 1. The Kier molecular flexibility index (Phi) is 5.88. The highest BCUT2D eigenvalue weighted by Crippen LogP contribution is 2.28. The van der Waals surface area contributed by atoms with Crippen molar-refractivity contribution in [3.8, 4) is 5.75 Å². The topological polar surface area (TPSA) is 85.1 Å².